The summed E-state index contributed by atoms with van der Waals surface area (Å²) in [6, 6.07) is -0.0236. The van der Waals surface area contributed by atoms with Crippen LogP contribution in [0.15, 0.2) is 6.20 Å². The molecule has 1 fully saturated rings. The molecule has 1 aliphatic carbocycles. The third-order valence-electron chi connectivity index (χ3n) is 4.93. The Morgan fingerprint density at radius 1 is 1.32 bits per heavy atom. The van der Waals surface area contributed by atoms with Gasteiger partial charge in [0.25, 0.3) is 0 Å². The average molecular weight is 345 g/mol. The molecule has 0 spiro atoms. The molecule has 1 saturated heterocycles. The maximum absolute atomic E-state index is 12.3. The largest absolute Gasteiger partial charge is 0.349 e. The number of rotatable bonds is 5. The van der Waals surface area contributed by atoms with E-state index in [4.69, 9.17) is 0 Å². The Bertz CT molecular complexity index is 646. The summed E-state index contributed by atoms with van der Waals surface area (Å²) < 4.78 is 0. The van der Waals surface area contributed by atoms with Crippen molar-refractivity contribution in [1.82, 2.24) is 20.2 Å². The maximum atomic E-state index is 12.3. The van der Waals surface area contributed by atoms with E-state index in [-0.39, 0.29) is 17.9 Å². The first-order chi connectivity index (χ1) is 12.0. The van der Waals surface area contributed by atoms with Gasteiger partial charge in [-0.3, -0.25) is 9.59 Å². The lowest BCUT2D eigenvalue weighted by Gasteiger charge is -2.28. The SMILES string of the molecule is CN(C)c1ncc2c(n1)CCC[C@@H]2NC(=O)CCN1CCCCC1=O. The minimum absolute atomic E-state index is 0.00657. The summed E-state index contributed by atoms with van der Waals surface area (Å²) in [5, 5.41) is 3.11. The number of hydrogen-bond donors (Lipinski definition) is 1. The van der Waals surface area contributed by atoms with Crippen LogP contribution in [-0.4, -0.2) is 53.9 Å². The molecular formula is C18H27N5O2. The summed E-state index contributed by atoms with van der Waals surface area (Å²) in [4.78, 5) is 36.9. The van der Waals surface area contributed by atoms with E-state index in [2.05, 4.69) is 15.3 Å². The molecule has 1 aliphatic heterocycles. The zero-order valence-electron chi connectivity index (χ0n) is 15.1. The number of piperidine rings is 1. The first kappa shape index (κ1) is 17.6. The second kappa shape index (κ2) is 7.80. The lowest BCUT2D eigenvalue weighted by Crippen LogP contribution is -2.39. The van der Waals surface area contributed by atoms with Gasteiger partial charge in [0.15, 0.2) is 0 Å². The van der Waals surface area contributed by atoms with Gasteiger partial charge in [0, 0.05) is 51.8 Å². The third-order valence-corrected chi connectivity index (χ3v) is 4.93. The summed E-state index contributed by atoms with van der Waals surface area (Å²) >= 11 is 0. The van der Waals surface area contributed by atoms with Crippen molar-refractivity contribution < 1.29 is 9.59 Å². The summed E-state index contributed by atoms with van der Waals surface area (Å²) in [5.41, 5.74) is 2.06. The average Bonchev–Trinajstić information content (AvgIpc) is 2.61. The summed E-state index contributed by atoms with van der Waals surface area (Å²) in [7, 11) is 3.84. The molecule has 0 saturated carbocycles. The number of carbonyl (C=O) groups excluding carboxylic acids is 2. The summed E-state index contributed by atoms with van der Waals surface area (Å²) in [6.07, 6.45) is 7.66. The molecule has 1 N–H and O–H groups in total. The zero-order valence-corrected chi connectivity index (χ0v) is 15.1. The number of fused-ring (bicyclic) bond motifs is 1. The van der Waals surface area contributed by atoms with Gasteiger partial charge in [0.2, 0.25) is 17.8 Å². The third kappa shape index (κ3) is 4.27. The van der Waals surface area contributed by atoms with Gasteiger partial charge in [-0.05, 0) is 32.1 Å². The van der Waals surface area contributed by atoms with E-state index in [1.807, 2.05) is 30.1 Å². The highest BCUT2D eigenvalue weighted by Crippen LogP contribution is 2.29. The summed E-state index contributed by atoms with van der Waals surface area (Å²) in [6.45, 7) is 1.29. The van der Waals surface area contributed by atoms with Crippen LogP contribution < -0.4 is 10.2 Å². The van der Waals surface area contributed by atoms with Crippen LogP contribution in [0.25, 0.3) is 0 Å². The standard InChI is InChI=1S/C18H27N5O2/c1-22(2)18-19-12-13-14(6-5-7-15(13)21-18)20-16(24)9-11-23-10-4-3-8-17(23)25/h12,14H,3-11H2,1-2H3,(H,20,24)/t14-/m0/s1. The Kier molecular flexibility index (Phi) is 5.50. The van der Waals surface area contributed by atoms with Crippen LogP contribution in [0, 0.1) is 0 Å². The van der Waals surface area contributed by atoms with Crippen LogP contribution in [0.2, 0.25) is 0 Å². The molecule has 2 heterocycles. The molecule has 7 nitrogen and oxygen atoms in total. The molecule has 2 aliphatic rings. The number of nitrogens with one attached hydrogen (secondary N) is 1. The van der Waals surface area contributed by atoms with Crippen molar-refractivity contribution in [2.45, 2.75) is 51.0 Å². The minimum atomic E-state index is -0.0236. The molecule has 1 atom stereocenters. The highest BCUT2D eigenvalue weighted by atomic mass is 16.2. The second-order valence-electron chi connectivity index (χ2n) is 7.07. The molecule has 3 rings (SSSR count). The minimum Gasteiger partial charge on any atom is -0.349 e. The van der Waals surface area contributed by atoms with Crippen LogP contribution in [-0.2, 0) is 16.0 Å². The van der Waals surface area contributed by atoms with E-state index in [1.54, 1.807) is 0 Å². The van der Waals surface area contributed by atoms with Gasteiger partial charge >= 0.3 is 0 Å². The van der Waals surface area contributed by atoms with E-state index < -0.39 is 0 Å². The van der Waals surface area contributed by atoms with Crippen molar-refractivity contribution >= 4 is 17.8 Å². The van der Waals surface area contributed by atoms with E-state index in [9.17, 15) is 9.59 Å². The van der Waals surface area contributed by atoms with Gasteiger partial charge in [-0.2, -0.15) is 0 Å². The number of likely N-dealkylation sites (tertiary alicyclic amines) is 1. The fourth-order valence-electron chi connectivity index (χ4n) is 3.50. The molecule has 7 heteroatoms. The van der Waals surface area contributed by atoms with E-state index in [0.29, 0.717) is 25.3 Å². The van der Waals surface area contributed by atoms with Gasteiger partial charge < -0.3 is 15.1 Å². The molecule has 1 aromatic heterocycles. The van der Waals surface area contributed by atoms with Crippen molar-refractivity contribution in [3.8, 4) is 0 Å². The van der Waals surface area contributed by atoms with Crippen LogP contribution in [0.4, 0.5) is 5.95 Å². The van der Waals surface area contributed by atoms with Crippen molar-refractivity contribution in [3.05, 3.63) is 17.5 Å². The first-order valence-electron chi connectivity index (χ1n) is 9.15. The molecule has 25 heavy (non-hydrogen) atoms. The number of amides is 2. The molecule has 0 bridgehead atoms. The smallest absolute Gasteiger partial charge is 0.225 e. The quantitative estimate of drug-likeness (QED) is 0.874. The number of carbonyl (C=O) groups is 2. The van der Waals surface area contributed by atoms with Gasteiger partial charge in [0.05, 0.1) is 11.7 Å². The Balaban J connectivity index is 1.58. The molecule has 0 unspecified atom stereocenters. The first-order valence-corrected chi connectivity index (χ1v) is 9.15. The Labute approximate surface area is 148 Å². The fraction of sp³-hybridized carbons (Fsp3) is 0.667. The topological polar surface area (TPSA) is 78.4 Å². The van der Waals surface area contributed by atoms with Gasteiger partial charge in [-0.15, -0.1) is 0 Å². The number of anilines is 1. The van der Waals surface area contributed by atoms with E-state index in [0.717, 1.165) is 49.9 Å². The second-order valence-corrected chi connectivity index (χ2v) is 7.07. The molecule has 0 radical (unpaired) electrons. The predicted octanol–water partition coefficient (Wildman–Crippen LogP) is 1.44. The maximum Gasteiger partial charge on any atom is 0.225 e. The number of nitrogens with zero attached hydrogens (tertiary/aromatic N) is 4. The normalized spacial score (nSPS) is 20.2. The van der Waals surface area contributed by atoms with Crippen molar-refractivity contribution in [1.29, 1.82) is 0 Å². The monoisotopic (exact) mass is 345 g/mol. The van der Waals surface area contributed by atoms with Crippen molar-refractivity contribution in [2.24, 2.45) is 0 Å². The van der Waals surface area contributed by atoms with Crippen LogP contribution in [0.3, 0.4) is 0 Å². The van der Waals surface area contributed by atoms with Crippen molar-refractivity contribution in [2.75, 3.05) is 32.1 Å². The Morgan fingerprint density at radius 3 is 2.92 bits per heavy atom. The highest BCUT2D eigenvalue weighted by Gasteiger charge is 2.25. The highest BCUT2D eigenvalue weighted by molar-refractivity contribution is 5.79. The van der Waals surface area contributed by atoms with Crippen LogP contribution >= 0.6 is 0 Å². The molecule has 136 valence electrons. The summed E-state index contributed by atoms with van der Waals surface area (Å²) in [5.74, 6) is 0.869. The van der Waals surface area contributed by atoms with Gasteiger partial charge in [0.1, 0.15) is 0 Å². The lowest BCUT2D eigenvalue weighted by atomic mass is 9.92. The Morgan fingerprint density at radius 2 is 2.16 bits per heavy atom. The number of aromatic nitrogens is 2. The van der Waals surface area contributed by atoms with Crippen LogP contribution in [0.1, 0.15) is 55.8 Å². The zero-order chi connectivity index (χ0) is 17.8. The van der Waals surface area contributed by atoms with Gasteiger partial charge in [-0.1, -0.05) is 0 Å². The van der Waals surface area contributed by atoms with Crippen LogP contribution in [0.5, 0.6) is 0 Å². The molecule has 2 amide bonds. The van der Waals surface area contributed by atoms with E-state index in [1.165, 1.54) is 0 Å². The van der Waals surface area contributed by atoms with E-state index >= 15 is 0 Å². The molecule has 1 aromatic rings. The predicted molar refractivity (Wildman–Crippen MR) is 95.2 cm³/mol. The van der Waals surface area contributed by atoms with Gasteiger partial charge in [-0.25, -0.2) is 9.97 Å². The van der Waals surface area contributed by atoms with Crippen molar-refractivity contribution in [3.63, 3.8) is 0 Å². The lowest BCUT2D eigenvalue weighted by molar-refractivity contribution is -0.133. The molecular weight excluding hydrogens is 318 g/mol. The number of aryl methyl sites for hydroxylation is 1. The fourth-order valence-corrected chi connectivity index (χ4v) is 3.50. The Hall–Kier alpha value is -2.18. The number of hydrogen-bond acceptors (Lipinski definition) is 5. The molecule has 0 aromatic carbocycles.